The van der Waals surface area contributed by atoms with Crippen molar-refractivity contribution in [1.82, 2.24) is 10.6 Å². The molecule has 0 spiro atoms. The molecular weight excluding hydrogens is 400 g/mol. The van der Waals surface area contributed by atoms with Gasteiger partial charge < -0.3 is 15.7 Å². The maximum atomic E-state index is 12.5. The summed E-state index contributed by atoms with van der Waals surface area (Å²) in [6.45, 7) is 1.34. The number of carbonyl (C=O) groups excluding carboxylic acids is 2. The summed E-state index contributed by atoms with van der Waals surface area (Å²) in [5.41, 5.74) is 1.00. The topological polar surface area (TPSA) is 95.5 Å². The van der Waals surface area contributed by atoms with E-state index in [1.165, 1.54) is 13.0 Å². The van der Waals surface area contributed by atoms with Gasteiger partial charge >= 0.3 is 5.97 Å². The molecule has 0 saturated carbocycles. The summed E-state index contributed by atoms with van der Waals surface area (Å²) in [6.07, 6.45) is 1.49. The number of nitrogens with one attached hydrogen (secondary N) is 2. The predicted octanol–water partition coefficient (Wildman–Crippen LogP) is 2.81. The zero-order chi connectivity index (χ0) is 19.1. The normalized spacial score (nSPS) is 12.2. The molecule has 7 heteroatoms. The lowest BCUT2D eigenvalue weighted by Gasteiger charge is -2.13. The van der Waals surface area contributed by atoms with E-state index in [2.05, 4.69) is 26.6 Å². The van der Waals surface area contributed by atoms with Gasteiger partial charge in [0.2, 0.25) is 0 Å². The van der Waals surface area contributed by atoms with Crippen molar-refractivity contribution in [3.8, 4) is 0 Å². The third kappa shape index (κ3) is 5.56. The fourth-order valence-corrected chi connectivity index (χ4v) is 2.43. The summed E-state index contributed by atoms with van der Waals surface area (Å²) in [7, 11) is 0. The molecule has 2 rings (SSSR count). The van der Waals surface area contributed by atoms with Crippen LogP contribution in [0, 0.1) is 0 Å². The number of aliphatic carboxylic acids is 1. The van der Waals surface area contributed by atoms with Gasteiger partial charge in [0.25, 0.3) is 11.8 Å². The number of rotatable bonds is 6. The minimum atomic E-state index is -1.17. The van der Waals surface area contributed by atoms with Gasteiger partial charge in [0.05, 0.1) is 0 Å². The molecule has 0 radical (unpaired) electrons. The Labute approximate surface area is 159 Å². The number of halogens is 1. The Bertz CT molecular complexity index is 850. The molecule has 2 aromatic rings. The molecule has 1 atom stereocenters. The molecule has 134 valence electrons. The maximum absolute atomic E-state index is 12.5. The summed E-state index contributed by atoms with van der Waals surface area (Å²) >= 11 is 3.29. The van der Waals surface area contributed by atoms with Crippen LogP contribution in [0.1, 0.15) is 22.8 Å². The van der Waals surface area contributed by atoms with E-state index in [0.29, 0.717) is 11.1 Å². The van der Waals surface area contributed by atoms with Gasteiger partial charge in [-0.05, 0) is 36.8 Å². The average molecular weight is 417 g/mol. The van der Waals surface area contributed by atoms with Gasteiger partial charge in [0.1, 0.15) is 11.7 Å². The van der Waals surface area contributed by atoms with Crippen molar-refractivity contribution in [3.63, 3.8) is 0 Å². The Hall–Kier alpha value is -2.93. The highest BCUT2D eigenvalue weighted by molar-refractivity contribution is 9.10. The highest BCUT2D eigenvalue weighted by atomic mass is 79.9. The Morgan fingerprint density at radius 2 is 1.77 bits per heavy atom. The Kier molecular flexibility index (Phi) is 6.68. The molecule has 0 saturated heterocycles. The molecule has 0 unspecified atom stereocenters. The largest absolute Gasteiger partial charge is 0.480 e. The molecule has 0 bridgehead atoms. The van der Waals surface area contributed by atoms with Crippen molar-refractivity contribution in [2.45, 2.75) is 13.0 Å². The fourth-order valence-electron chi connectivity index (χ4n) is 2.03. The van der Waals surface area contributed by atoms with Crippen molar-refractivity contribution in [2.24, 2.45) is 0 Å². The first kappa shape index (κ1) is 19.4. The van der Waals surface area contributed by atoms with Crippen LogP contribution in [0.15, 0.2) is 64.8 Å². The van der Waals surface area contributed by atoms with Gasteiger partial charge in [-0.15, -0.1) is 0 Å². The van der Waals surface area contributed by atoms with Crippen molar-refractivity contribution >= 4 is 39.8 Å². The minimum Gasteiger partial charge on any atom is -0.480 e. The second-order valence-corrected chi connectivity index (χ2v) is 6.38. The van der Waals surface area contributed by atoms with Gasteiger partial charge in [-0.2, -0.15) is 0 Å². The second-order valence-electron chi connectivity index (χ2n) is 5.47. The first-order chi connectivity index (χ1) is 12.4. The van der Waals surface area contributed by atoms with Crippen molar-refractivity contribution in [1.29, 1.82) is 0 Å². The molecule has 0 fully saturated rings. The monoisotopic (exact) mass is 416 g/mol. The highest BCUT2D eigenvalue weighted by Crippen LogP contribution is 2.12. The zero-order valence-electron chi connectivity index (χ0n) is 13.9. The van der Waals surface area contributed by atoms with Crippen LogP contribution in [0.3, 0.4) is 0 Å². The van der Waals surface area contributed by atoms with E-state index < -0.39 is 23.8 Å². The van der Waals surface area contributed by atoms with Gasteiger partial charge in [-0.3, -0.25) is 14.4 Å². The average Bonchev–Trinajstić information content (AvgIpc) is 2.61. The number of amides is 2. The molecule has 2 amide bonds. The number of benzene rings is 2. The number of hydrogen-bond donors (Lipinski definition) is 3. The summed E-state index contributed by atoms with van der Waals surface area (Å²) in [6, 6.07) is 14.5. The first-order valence-corrected chi connectivity index (χ1v) is 8.53. The van der Waals surface area contributed by atoms with Crippen LogP contribution in [-0.4, -0.2) is 28.9 Å². The number of carbonyl (C=O) groups is 3. The molecule has 3 N–H and O–H groups in total. The summed E-state index contributed by atoms with van der Waals surface area (Å²) < 4.78 is 0.725. The fraction of sp³-hybridized carbons (Fsp3) is 0.105. The van der Waals surface area contributed by atoms with E-state index in [9.17, 15) is 14.4 Å². The smallest absolute Gasteiger partial charge is 0.325 e. The molecule has 0 aromatic heterocycles. The van der Waals surface area contributed by atoms with Crippen LogP contribution >= 0.6 is 15.9 Å². The number of hydrogen-bond acceptors (Lipinski definition) is 3. The Morgan fingerprint density at radius 3 is 2.38 bits per heavy atom. The van der Waals surface area contributed by atoms with E-state index in [-0.39, 0.29) is 5.70 Å². The lowest BCUT2D eigenvalue weighted by atomic mass is 10.1. The molecule has 2 aromatic carbocycles. The summed E-state index contributed by atoms with van der Waals surface area (Å²) in [4.78, 5) is 35.9. The van der Waals surface area contributed by atoms with E-state index >= 15 is 0 Å². The van der Waals surface area contributed by atoms with Crippen molar-refractivity contribution < 1.29 is 19.5 Å². The van der Waals surface area contributed by atoms with Gasteiger partial charge in [0.15, 0.2) is 0 Å². The van der Waals surface area contributed by atoms with Crippen LogP contribution in [0.2, 0.25) is 0 Å². The number of carboxylic acid groups (broad SMARTS) is 1. The molecule has 0 aliphatic carbocycles. The van der Waals surface area contributed by atoms with Gasteiger partial charge in [0, 0.05) is 10.0 Å². The van der Waals surface area contributed by atoms with E-state index in [0.717, 1.165) is 4.47 Å². The summed E-state index contributed by atoms with van der Waals surface area (Å²) in [5.74, 6) is -2.34. The van der Waals surface area contributed by atoms with Gasteiger partial charge in [-0.25, -0.2) is 0 Å². The molecule has 0 aliphatic rings. The zero-order valence-corrected chi connectivity index (χ0v) is 15.5. The second kappa shape index (κ2) is 8.96. The first-order valence-electron chi connectivity index (χ1n) is 7.74. The Balaban J connectivity index is 2.28. The molecule has 0 heterocycles. The standard InChI is InChI=1S/C19H17BrN2O4/c1-12(19(25)26)21-18(24)16(10-13-6-3-2-4-7-13)22-17(23)14-8-5-9-15(20)11-14/h2-12H,1H3,(H,21,24)(H,22,23)(H,25,26)/b16-10-/t12-/m0/s1. The molecule has 26 heavy (non-hydrogen) atoms. The molecule has 0 aliphatic heterocycles. The van der Waals surface area contributed by atoms with Crippen LogP contribution in [-0.2, 0) is 9.59 Å². The van der Waals surface area contributed by atoms with E-state index in [1.807, 2.05) is 6.07 Å². The third-order valence-electron chi connectivity index (χ3n) is 3.41. The van der Waals surface area contributed by atoms with E-state index in [1.54, 1.807) is 48.5 Å². The quantitative estimate of drug-likeness (QED) is 0.630. The maximum Gasteiger partial charge on any atom is 0.325 e. The van der Waals surface area contributed by atoms with Crippen LogP contribution in [0.25, 0.3) is 6.08 Å². The van der Waals surface area contributed by atoms with Crippen LogP contribution < -0.4 is 10.6 Å². The van der Waals surface area contributed by atoms with Crippen molar-refractivity contribution in [3.05, 3.63) is 75.9 Å². The van der Waals surface area contributed by atoms with Gasteiger partial charge in [-0.1, -0.05) is 52.3 Å². The molecule has 6 nitrogen and oxygen atoms in total. The predicted molar refractivity (Wildman–Crippen MR) is 101 cm³/mol. The highest BCUT2D eigenvalue weighted by Gasteiger charge is 2.19. The van der Waals surface area contributed by atoms with E-state index in [4.69, 9.17) is 5.11 Å². The van der Waals surface area contributed by atoms with Crippen LogP contribution in [0.5, 0.6) is 0 Å². The molecular formula is C19H17BrN2O4. The Morgan fingerprint density at radius 1 is 1.08 bits per heavy atom. The summed E-state index contributed by atoms with van der Waals surface area (Å²) in [5, 5.41) is 13.9. The lowest BCUT2D eigenvalue weighted by molar-refractivity contribution is -0.140. The van der Waals surface area contributed by atoms with Crippen LogP contribution in [0.4, 0.5) is 0 Å². The lowest BCUT2D eigenvalue weighted by Crippen LogP contribution is -2.42. The minimum absolute atomic E-state index is 0.0470. The van der Waals surface area contributed by atoms with Crippen molar-refractivity contribution in [2.75, 3.05) is 0 Å². The number of carboxylic acids is 1. The third-order valence-corrected chi connectivity index (χ3v) is 3.90. The SMILES string of the molecule is C[C@H](NC(=O)/C(=C/c1ccccc1)NC(=O)c1cccc(Br)c1)C(=O)O.